The Hall–Kier alpha value is -1.13. The van der Waals surface area contributed by atoms with Crippen LogP contribution in [0, 0.1) is 20.8 Å². The van der Waals surface area contributed by atoms with E-state index in [2.05, 4.69) is 76.9 Å². The summed E-state index contributed by atoms with van der Waals surface area (Å²) in [7, 11) is 2.02. The minimum Gasteiger partial charge on any atom is -0.313 e. The van der Waals surface area contributed by atoms with Crippen molar-refractivity contribution < 1.29 is 0 Å². The Morgan fingerprint density at radius 2 is 1.81 bits per heavy atom. The van der Waals surface area contributed by atoms with E-state index in [1.807, 2.05) is 7.05 Å². The highest BCUT2D eigenvalue weighted by Gasteiger charge is 2.15. The molecule has 0 spiro atoms. The number of rotatable bonds is 5. The van der Waals surface area contributed by atoms with Crippen molar-refractivity contribution >= 4 is 15.9 Å². The summed E-state index contributed by atoms with van der Waals surface area (Å²) in [6, 6.07) is 7.01. The Morgan fingerprint density at radius 1 is 1.19 bits per heavy atom. The Labute approximate surface area is 135 Å². The van der Waals surface area contributed by atoms with Gasteiger partial charge in [0.2, 0.25) is 0 Å². The number of benzene rings is 1. The van der Waals surface area contributed by atoms with E-state index >= 15 is 0 Å². The fourth-order valence-corrected chi connectivity index (χ4v) is 3.04. The number of halogens is 1. The number of nitrogens with zero attached hydrogens (tertiary/aromatic N) is 2. The van der Waals surface area contributed by atoms with Crippen LogP contribution in [0.15, 0.2) is 22.7 Å². The molecular formula is C17H24BrN3. The Morgan fingerprint density at radius 3 is 2.33 bits per heavy atom. The zero-order valence-electron chi connectivity index (χ0n) is 13.5. The Bertz CT molecular complexity index is 608. The summed E-state index contributed by atoms with van der Waals surface area (Å²) >= 11 is 3.64. The van der Waals surface area contributed by atoms with Crippen LogP contribution in [0.5, 0.6) is 0 Å². The van der Waals surface area contributed by atoms with Gasteiger partial charge in [-0.1, -0.05) is 28.1 Å². The average Bonchev–Trinajstić information content (AvgIpc) is 2.81. The maximum absolute atomic E-state index is 4.54. The largest absolute Gasteiger partial charge is 0.313 e. The second-order valence-corrected chi connectivity index (χ2v) is 6.40. The van der Waals surface area contributed by atoms with E-state index in [0.29, 0.717) is 6.04 Å². The lowest BCUT2D eigenvalue weighted by Gasteiger charge is -2.19. The molecule has 0 saturated carbocycles. The highest BCUT2D eigenvalue weighted by atomic mass is 79.9. The third-order valence-electron chi connectivity index (χ3n) is 3.91. The molecular weight excluding hydrogens is 326 g/mol. The number of aromatic nitrogens is 2. The zero-order valence-corrected chi connectivity index (χ0v) is 15.1. The lowest BCUT2D eigenvalue weighted by atomic mass is 9.98. The Balaban J connectivity index is 2.32. The molecule has 0 fully saturated rings. The maximum Gasteiger partial charge on any atom is 0.0596 e. The molecule has 1 aromatic heterocycles. The first-order valence-electron chi connectivity index (χ1n) is 7.43. The molecule has 4 heteroatoms. The van der Waals surface area contributed by atoms with Gasteiger partial charge in [0.05, 0.1) is 5.69 Å². The van der Waals surface area contributed by atoms with Crippen molar-refractivity contribution in [2.75, 3.05) is 7.05 Å². The van der Waals surface area contributed by atoms with Crippen LogP contribution in [0.1, 0.15) is 41.0 Å². The topological polar surface area (TPSA) is 29.9 Å². The van der Waals surface area contributed by atoms with Gasteiger partial charge >= 0.3 is 0 Å². The number of nitrogens with one attached hydrogen (secondary N) is 1. The van der Waals surface area contributed by atoms with Crippen LogP contribution in [0.3, 0.4) is 0 Å². The molecule has 2 aromatic rings. The van der Waals surface area contributed by atoms with Crippen molar-refractivity contribution in [1.29, 1.82) is 0 Å². The van der Waals surface area contributed by atoms with Crippen LogP contribution in [-0.4, -0.2) is 16.8 Å². The molecule has 3 nitrogen and oxygen atoms in total. The van der Waals surface area contributed by atoms with E-state index in [4.69, 9.17) is 0 Å². The van der Waals surface area contributed by atoms with Crippen molar-refractivity contribution in [2.24, 2.45) is 0 Å². The molecule has 0 aliphatic heterocycles. The standard InChI is InChI=1S/C17H24BrN3/c1-6-21-15(9-13(4)20-21)10-16(19-5)14-7-11(2)17(18)12(3)8-14/h7-9,16,19H,6,10H2,1-5H3. The predicted octanol–water partition coefficient (Wildman–Crippen LogP) is 4.09. The van der Waals surface area contributed by atoms with Gasteiger partial charge in [-0.05, 0) is 57.5 Å². The molecule has 0 amide bonds. The molecule has 0 saturated heterocycles. The molecule has 0 bridgehead atoms. The summed E-state index contributed by atoms with van der Waals surface area (Å²) in [6.45, 7) is 9.40. The van der Waals surface area contributed by atoms with E-state index in [1.54, 1.807) is 0 Å². The second kappa shape index (κ2) is 6.75. The van der Waals surface area contributed by atoms with Crippen LogP contribution < -0.4 is 5.32 Å². The summed E-state index contributed by atoms with van der Waals surface area (Å²) in [5.41, 5.74) is 6.27. The predicted molar refractivity (Wildman–Crippen MR) is 91.8 cm³/mol. The number of likely N-dealkylation sites (N-methyl/N-ethyl adjacent to an activating group) is 1. The van der Waals surface area contributed by atoms with Crippen molar-refractivity contribution in [3.8, 4) is 0 Å². The molecule has 1 aromatic carbocycles. The van der Waals surface area contributed by atoms with Crippen LogP contribution in [0.4, 0.5) is 0 Å². The van der Waals surface area contributed by atoms with E-state index in [-0.39, 0.29) is 0 Å². The molecule has 1 N–H and O–H groups in total. The van der Waals surface area contributed by atoms with Gasteiger partial charge in [-0.25, -0.2) is 0 Å². The van der Waals surface area contributed by atoms with Gasteiger partial charge in [0.15, 0.2) is 0 Å². The van der Waals surface area contributed by atoms with E-state index in [1.165, 1.54) is 26.9 Å². The summed E-state index contributed by atoms with van der Waals surface area (Å²) in [4.78, 5) is 0. The van der Waals surface area contributed by atoms with Crippen LogP contribution in [-0.2, 0) is 13.0 Å². The van der Waals surface area contributed by atoms with Crippen molar-refractivity contribution in [3.63, 3.8) is 0 Å². The molecule has 21 heavy (non-hydrogen) atoms. The monoisotopic (exact) mass is 349 g/mol. The summed E-state index contributed by atoms with van der Waals surface area (Å²) < 4.78 is 3.30. The number of hydrogen-bond donors (Lipinski definition) is 1. The highest BCUT2D eigenvalue weighted by Crippen LogP contribution is 2.27. The summed E-state index contributed by atoms with van der Waals surface area (Å²) in [6.07, 6.45) is 0.950. The van der Waals surface area contributed by atoms with Gasteiger partial charge < -0.3 is 5.32 Å². The molecule has 0 aliphatic carbocycles. The molecule has 2 rings (SSSR count). The average molecular weight is 350 g/mol. The first-order valence-corrected chi connectivity index (χ1v) is 8.22. The lowest BCUT2D eigenvalue weighted by molar-refractivity contribution is 0.540. The fraction of sp³-hybridized carbons (Fsp3) is 0.471. The van der Waals surface area contributed by atoms with Crippen LogP contribution in [0.25, 0.3) is 0 Å². The third kappa shape index (κ3) is 3.55. The number of hydrogen-bond acceptors (Lipinski definition) is 2. The van der Waals surface area contributed by atoms with Gasteiger partial charge in [-0.2, -0.15) is 5.10 Å². The minimum atomic E-state index is 0.303. The SMILES string of the molecule is CCn1nc(C)cc1CC(NC)c1cc(C)c(Br)c(C)c1. The first-order chi connectivity index (χ1) is 9.96. The normalized spacial score (nSPS) is 12.7. The molecule has 1 heterocycles. The molecule has 1 unspecified atom stereocenters. The smallest absolute Gasteiger partial charge is 0.0596 e. The van der Waals surface area contributed by atoms with Crippen molar-refractivity contribution in [2.45, 2.75) is 46.7 Å². The van der Waals surface area contributed by atoms with E-state index < -0.39 is 0 Å². The van der Waals surface area contributed by atoms with E-state index in [0.717, 1.165) is 18.7 Å². The van der Waals surface area contributed by atoms with Gasteiger partial charge in [0, 0.05) is 29.2 Å². The van der Waals surface area contributed by atoms with Crippen molar-refractivity contribution in [3.05, 3.63) is 50.8 Å². The van der Waals surface area contributed by atoms with E-state index in [9.17, 15) is 0 Å². The first kappa shape index (κ1) is 16.2. The molecule has 0 aliphatic rings. The van der Waals surface area contributed by atoms with Gasteiger partial charge in [-0.15, -0.1) is 0 Å². The van der Waals surface area contributed by atoms with Gasteiger partial charge in [0.25, 0.3) is 0 Å². The maximum atomic E-state index is 4.54. The number of aryl methyl sites for hydroxylation is 4. The summed E-state index contributed by atoms with van der Waals surface area (Å²) in [5.74, 6) is 0. The van der Waals surface area contributed by atoms with Crippen LogP contribution >= 0.6 is 15.9 Å². The second-order valence-electron chi connectivity index (χ2n) is 5.61. The van der Waals surface area contributed by atoms with Crippen molar-refractivity contribution in [1.82, 2.24) is 15.1 Å². The molecule has 0 radical (unpaired) electrons. The third-order valence-corrected chi connectivity index (χ3v) is 5.16. The quantitative estimate of drug-likeness (QED) is 0.880. The minimum absolute atomic E-state index is 0.303. The van der Waals surface area contributed by atoms with Gasteiger partial charge in [-0.3, -0.25) is 4.68 Å². The lowest BCUT2D eigenvalue weighted by Crippen LogP contribution is -2.21. The zero-order chi connectivity index (χ0) is 15.6. The highest BCUT2D eigenvalue weighted by molar-refractivity contribution is 9.10. The van der Waals surface area contributed by atoms with Crippen LogP contribution in [0.2, 0.25) is 0 Å². The Kier molecular flexibility index (Phi) is 5.22. The van der Waals surface area contributed by atoms with Gasteiger partial charge in [0.1, 0.15) is 0 Å². The molecule has 1 atom stereocenters. The molecule has 114 valence electrons. The summed E-state index contributed by atoms with van der Waals surface area (Å²) in [5, 5.41) is 7.99. The fourth-order valence-electron chi connectivity index (χ4n) is 2.81.